The van der Waals surface area contributed by atoms with E-state index in [2.05, 4.69) is 15.0 Å². The summed E-state index contributed by atoms with van der Waals surface area (Å²) in [5.41, 5.74) is 2.01. The van der Waals surface area contributed by atoms with E-state index in [9.17, 15) is 8.42 Å². The molecule has 0 radical (unpaired) electrons. The highest BCUT2D eigenvalue weighted by atomic mass is 32.2. The average Bonchev–Trinajstić information content (AvgIpc) is 2.47. The van der Waals surface area contributed by atoms with E-state index in [0.717, 1.165) is 11.1 Å². The Kier molecular flexibility index (Phi) is 4.59. The first-order chi connectivity index (χ1) is 9.94. The minimum absolute atomic E-state index is 0.155. The molecule has 1 heterocycles. The second-order valence-electron chi connectivity index (χ2n) is 4.83. The van der Waals surface area contributed by atoms with Gasteiger partial charge in [-0.05, 0) is 37.1 Å². The third-order valence-corrected chi connectivity index (χ3v) is 4.82. The second kappa shape index (κ2) is 6.24. The summed E-state index contributed by atoms with van der Waals surface area (Å²) in [5.74, 6) is 0.626. The van der Waals surface area contributed by atoms with Gasteiger partial charge in [-0.15, -0.1) is 0 Å². The van der Waals surface area contributed by atoms with Crippen LogP contribution in [0.4, 0.5) is 5.82 Å². The molecule has 5 nitrogen and oxygen atoms in total. The number of sulfonamides is 1. The zero-order valence-corrected chi connectivity index (χ0v) is 13.1. The van der Waals surface area contributed by atoms with Crippen LogP contribution in [0.25, 0.3) is 0 Å². The topological polar surface area (TPSA) is 71.1 Å². The van der Waals surface area contributed by atoms with Gasteiger partial charge >= 0.3 is 0 Å². The lowest BCUT2D eigenvalue weighted by Gasteiger charge is -2.16. The molecule has 0 spiro atoms. The molecule has 0 amide bonds. The predicted octanol–water partition coefficient (Wildman–Crippen LogP) is 2.47. The number of nitrogens with zero attached hydrogens (tertiary/aromatic N) is 1. The average molecular weight is 305 g/mol. The van der Waals surface area contributed by atoms with Crippen LogP contribution < -0.4 is 10.0 Å². The van der Waals surface area contributed by atoms with Crippen molar-refractivity contribution in [2.75, 3.05) is 12.4 Å². The van der Waals surface area contributed by atoms with E-state index in [0.29, 0.717) is 5.82 Å². The van der Waals surface area contributed by atoms with Crippen molar-refractivity contribution in [2.45, 2.75) is 24.8 Å². The number of anilines is 1. The summed E-state index contributed by atoms with van der Waals surface area (Å²) >= 11 is 0. The molecule has 6 heteroatoms. The SMILES string of the molecule is CNc1ccc(S(=O)(=O)NC(C)c2ccccc2C)cn1. The lowest BCUT2D eigenvalue weighted by Crippen LogP contribution is -2.27. The smallest absolute Gasteiger partial charge is 0.242 e. The molecule has 1 unspecified atom stereocenters. The molecule has 2 aromatic rings. The van der Waals surface area contributed by atoms with Gasteiger partial charge in [0.1, 0.15) is 10.7 Å². The molecule has 1 aromatic heterocycles. The highest BCUT2D eigenvalue weighted by Crippen LogP contribution is 2.20. The van der Waals surface area contributed by atoms with Crippen molar-refractivity contribution in [3.8, 4) is 0 Å². The van der Waals surface area contributed by atoms with Crippen LogP contribution in [0.3, 0.4) is 0 Å². The molecule has 0 aliphatic rings. The molecule has 0 bridgehead atoms. The van der Waals surface area contributed by atoms with Gasteiger partial charge in [-0.2, -0.15) is 0 Å². The highest BCUT2D eigenvalue weighted by Gasteiger charge is 2.19. The van der Waals surface area contributed by atoms with E-state index in [1.165, 1.54) is 12.3 Å². The quantitative estimate of drug-likeness (QED) is 0.890. The van der Waals surface area contributed by atoms with Gasteiger partial charge in [0.25, 0.3) is 0 Å². The minimum atomic E-state index is -3.59. The van der Waals surface area contributed by atoms with Crippen molar-refractivity contribution >= 4 is 15.8 Å². The Balaban J connectivity index is 2.22. The maximum atomic E-state index is 12.4. The maximum absolute atomic E-state index is 12.4. The molecule has 2 rings (SSSR count). The zero-order valence-electron chi connectivity index (χ0n) is 12.3. The van der Waals surface area contributed by atoms with Crippen LogP contribution in [0.1, 0.15) is 24.1 Å². The molecule has 21 heavy (non-hydrogen) atoms. The number of aromatic nitrogens is 1. The number of nitrogens with one attached hydrogen (secondary N) is 2. The fraction of sp³-hybridized carbons (Fsp3) is 0.267. The third kappa shape index (κ3) is 3.59. The summed E-state index contributed by atoms with van der Waals surface area (Å²) in [6.45, 7) is 3.79. The van der Waals surface area contributed by atoms with Crippen LogP contribution in [0, 0.1) is 6.92 Å². The van der Waals surface area contributed by atoms with Gasteiger partial charge in [0.05, 0.1) is 0 Å². The number of aryl methyl sites for hydroxylation is 1. The van der Waals surface area contributed by atoms with Gasteiger partial charge in [-0.25, -0.2) is 18.1 Å². The summed E-state index contributed by atoms with van der Waals surface area (Å²) in [6, 6.07) is 10.6. The fourth-order valence-electron chi connectivity index (χ4n) is 2.12. The molecule has 0 saturated carbocycles. The van der Waals surface area contributed by atoms with Gasteiger partial charge in [-0.3, -0.25) is 0 Å². The van der Waals surface area contributed by atoms with Crippen molar-refractivity contribution in [3.63, 3.8) is 0 Å². The lowest BCUT2D eigenvalue weighted by molar-refractivity contribution is 0.566. The summed E-state index contributed by atoms with van der Waals surface area (Å²) in [7, 11) is -1.86. The molecule has 1 atom stereocenters. The van der Waals surface area contributed by atoms with E-state index in [1.54, 1.807) is 13.1 Å². The van der Waals surface area contributed by atoms with Crippen LogP contribution in [-0.2, 0) is 10.0 Å². The monoisotopic (exact) mass is 305 g/mol. The van der Waals surface area contributed by atoms with E-state index in [4.69, 9.17) is 0 Å². The highest BCUT2D eigenvalue weighted by molar-refractivity contribution is 7.89. The molecule has 0 aliphatic heterocycles. The standard InChI is InChI=1S/C15H19N3O2S/c1-11-6-4-5-7-14(11)12(2)18-21(19,20)13-8-9-15(16-3)17-10-13/h4-10,12,18H,1-3H3,(H,16,17). The van der Waals surface area contributed by atoms with E-state index >= 15 is 0 Å². The number of hydrogen-bond acceptors (Lipinski definition) is 4. The Morgan fingerprint density at radius 1 is 1.14 bits per heavy atom. The largest absolute Gasteiger partial charge is 0.373 e. The molecule has 0 saturated heterocycles. The summed E-state index contributed by atoms with van der Waals surface area (Å²) in [6.07, 6.45) is 1.35. The zero-order chi connectivity index (χ0) is 15.5. The minimum Gasteiger partial charge on any atom is -0.373 e. The van der Waals surface area contributed by atoms with Gasteiger partial charge in [0.15, 0.2) is 0 Å². The number of benzene rings is 1. The number of pyridine rings is 1. The molecule has 0 aliphatic carbocycles. The van der Waals surface area contributed by atoms with Gasteiger partial charge < -0.3 is 5.32 Å². The van der Waals surface area contributed by atoms with Crippen molar-refractivity contribution in [3.05, 3.63) is 53.7 Å². The summed E-state index contributed by atoms with van der Waals surface area (Å²) in [5, 5.41) is 2.85. The first kappa shape index (κ1) is 15.5. The number of hydrogen-bond donors (Lipinski definition) is 2. The van der Waals surface area contributed by atoms with Crippen LogP contribution >= 0.6 is 0 Å². The van der Waals surface area contributed by atoms with Crippen molar-refractivity contribution < 1.29 is 8.42 Å². The van der Waals surface area contributed by atoms with Gasteiger partial charge in [-0.1, -0.05) is 24.3 Å². The Labute approximate surface area is 125 Å². The third-order valence-electron chi connectivity index (χ3n) is 3.29. The molecule has 2 N–H and O–H groups in total. The Morgan fingerprint density at radius 2 is 1.86 bits per heavy atom. The van der Waals surface area contributed by atoms with Gasteiger partial charge in [0, 0.05) is 19.3 Å². The first-order valence-electron chi connectivity index (χ1n) is 6.65. The Morgan fingerprint density at radius 3 is 2.43 bits per heavy atom. The van der Waals surface area contributed by atoms with Crippen LogP contribution in [0.15, 0.2) is 47.5 Å². The molecule has 0 fully saturated rings. The molecule has 1 aromatic carbocycles. The van der Waals surface area contributed by atoms with Crippen molar-refractivity contribution in [1.29, 1.82) is 0 Å². The summed E-state index contributed by atoms with van der Waals surface area (Å²) < 4.78 is 27.4. The van der Waals surface area contributed by atoms with Crippen LogP contribution in [0.5, 0.6) is 0 Å². The van der Waals surface area contributed by atoms with E-state index in [-0.39, 0.29) is 10.9 Å². The van der Waals surface area contributed by atoms with Crippen LogP contribution in [-0.4, -0.2) is 20.4 Å². The van der Waals surface area contributed by atoms with Crippen molar-refractivity contribution in [1.82, 2.24) is 9.71 Å². The van der Waals surface area contributed by atoms with E-state index < -0.39 is 10.0 Å². The fourth-order valence-corrected chi connectivity index (χ4v) is 3.29. The Hall–Kier alpha value is -1.92. The van der Waals surface area contributed by atoms with Gasteiger partial charge in [0.2, 0.25) is 10.0 Å². The predicted molar refractivity (Wildman–Crippen MR) is 83.7 cm³/mol. The number of rotatable bonds is 5. The summed E-state index contributed by atoms with van der Waals surface area (Å²) in [4.78, 5) is 4.19. The molecule has 112 valence electrons. The Bertz CT molecular complexity index is 712. The normalized spacial score (nSPS) is 12.9. The molecular weight excluding hydrogens is 286 g/mol. The maximum Gasteiger partial charge on any atom is 0.242 e. The second-order valence-corrected chi connectivity index (χ2v) is 6.54. The first-order valence-corrected chi connectivity index (χ1v) is 8.14. The van der Waals surface area contributed by atoms with E-state index in [1.807, 2.05) is 38.1 Å². The van der Waals surface area contributed by atoms with Crippen LogP contribution in [0.2, 0.25) is 0 Å². The molecular formula is C15H19N3O2S. The van der Waals surface area contributed by atoms with Crippen molar-refractivity contribution in [2.24, 2.45) is 0 Å². The lowest BCUT2D eigenvalue weighted by atomic mass is 10.0.